The maximum Gasteiger partial charge on any atom is 0.524 e. The summed E-state index contributed by atoms with van der Waals surface area (Å²) < 4.78 is 43.0. The molecule has 0 aromatic heterocycles. The lowest BCUT2D eigenvalue weighted by Crippen LogP contribution is -2.28. The highest BCUT2D eigenvalue weighted by atomic mass is 19.4. The number of rotatable bonds is 6. The topological polar surface area (TPSA) is 55.8 Å². The molecule has 1 atom stereocenters. The standard InChI is InChI=1S/C7H11F3O4/c1-2-3-6(13-4-5(11)12)14-7(8,9)10/h6H,2-4H2,1H3,(H,11,12). The van der Waals surface area contributed by atoms with Crippen LogP contribution in [-0.2, 0) is 14.3 Å². The van der Waals surface area contributed by atoms with Gasteiger partial charge < -0.3 is 9.84 Å². The fourth-order valence-corrected chi connectivity index (χ4v) is 0.725. The number of carbonyl (C=O) groups is 1. The van der Waals surface area contributed by atoms with Crippen molar-refractivity contribution in [1.29, 1.82) is 0 Å². The van der Waals surface area contributed by atoms with Crippen LogP contribution in [0, 0.1) is 0 Å². The Bertz CT molecular complexity index is 180. The molecule has 0 saturated heterocycles. The zero-order valence-corrected chi connectivity index (χ0v) is 7.50. The predicted octanol–water partition coefficient (Wildman–Crippen LogP) is 1.75. The molecule has 0 saturated carbocycles. The molecule has 0 aliphatic heterocycles. The summed E-state index contributed by atoms with van der Waals surface area (Å²) in [7, 11) is 0. The summed E-state index contributed by atoms with van der Waals surface area (Å²) in [6.07, 6.45) is -5.96. The van der Waals surface area contributed by atoms with Crippen LogP contribution in [-0.4, -0.2) is 30.3 Å². The fraction of sp³-hybridized carbons (Fsp3) is 0.857. The van der Waals surface area contributed by atoms with Crippen LogP contribution in [0.1, 0.15) is 19.8 Å². The summed E-state index contributed by atoms with van der Waals surface area (Å²) in [5.74, 6) is -1.34. The number of carboxylic acids is 1. The molecule has 0 fully saturated rings. The molecule has 0 amide bonds. The summed E-state index contributed by atoms with van der Waals surface area (Å²) in [5.41, 5.74) is 0. The second-order valence-electron chi connectivity index (χ2n) is 2.49. The maximum absolute atomic E-state index is 11.7. The van der Waals surface area contributed by atoms with E-state index in [1.165, 1.54) is 0 Å². The Balaban J connectivity index is 3.95. The molecule has 0 heterocycles. The molecule has 84 valence electrons. The Hall–Kier alpha value is -0.820. The minimum absolute atomic E-state index is 0.00715. The van der Waals surface area contributed by atoms with E-state index in [-0.39, 0.29) is 6.42 Å². The van der Waals surface area contributed by atoms with Gasteiger partial charge >= 0.3 is 12.3 Å². The van der Waals surface area contributed by atoms with Crippen molar-refractivity contribution in [3.63, 3.8) is 0 Å². The molecule has 0 rings (SSSR count). The molecule has 1 N–H and O–H groups in total. The van der Waals surface area contributed by atoms with Crippen molar-refractivity contribution in [2.75, 3.05) is 6.61 Å². The first kappa shape index (κ1) is 13.2. The molecule has 0 aliphatic rings. The Morgan fingerprint density at radius 2 is 2.07 bits per heavy atom. The second-order valence-corrected chi connectivity index (χ2v) is 2.49. The van der Waals surface area contributed by atoms with Crippen LogP contribution in [0.5, 0.6) is 0 Å². The van der Waals surface area contributed by atoms with E-state index in [9.17, 15) is 18.0 Å². The summed E-state index contributed by atoms with van der Waals surface area (Å²) in [6.45, 7) is 0.831. The van der Waals surface area contributed by atoms with Gasteiger partial charge in [-0.15, -0.1) is 13.2 Å². The molecule has 7 heteroatoms. The molecule has 0 aromatic carbocycles. The molecular weight excluding hydrogens is 205 g/mol. The van der Waals surface area contributed by atoms with Gasteiger partial charge in [0.05, 0.1) is 0 Å². The number of hydrogen-bond acceptors (Lipinski definition) is 3. The van der Waals surface area contributed by atoms with Gasteiger partial charge in [0, 0.05) is 0 Å². The van der Waals surface area contributed by atoms with E-state index in [1.807, 2.05) is 0 Å². The number of alkyl halides is 3. The predicted molar refractivity (Wildman–Crippen MR) is 39.4 cm³/mol. The highest BCUT2D eigenvalue weighted by molar-refractivity contribution is 5.67. The van der Waals surface area contributed by atoms with Gasteiger partial charge in [0.25, 0.3) is 0 Å². The van der Waals surface area contributed by atoms with Crippen molar-refractivity contribution in [3.8, 4) is 0 Å². The summed E-state index contributed by atoms with van der Waals surface area (Å²) in [5, 5.41) is 8.17. The Kier molecular flexibility index (Phi) is 5.47. The fourth-order valence-electron chi connectivity index (χ4n) is 0.725. The van der Waals surface area contributed by atoms with Crippen molar-refractivity contribution in [1.82, 2.24) is 0 Å². The number of hydrogen-bond donors (Lipinski definition) is 1. The van der Waals surface area contributed by atoms with Crippen molar-refractivity contribution >= 4 is 5.97 Å². The van der Waals surface area contributed by atoms with E-state index in [4.69, 9.17) is 5.11 Å². The van der Waals surface area contributed by atoms with E-state index in [0.717, 1.165) is 0 Å². The van der Waals surface area contributed by atoms with Crippen molar-refractivity contribution in [2.24, 2.45) is 0 Å². The van der Waals surface area contributed by atoms with E-state index in [0.29, 0.717) is 6.42 Å². The zero-order chi connectivity index (χ0) is 11.2. The van der Waals surface area contributed by atoms with Crippen LogP contribution < -0.4 is 0 Å². The molecule has 14 heavy (non-hydrogen) atoms. The molecule has 0 spiro atoms. The summed E-state index contributed by atoms with van der Waals surface area (Å²) >= 11 is 0. The van der Waals surface area contributed by atoms with Crippen LogP contribution in [0.4, 0.5) is 13.2 Å². The van der Waals surface area contributed by atoms with Crippen LogP contribution in [0.25, 0.3) is 0 Å². The third kappa shape index (κ3) is 7.81. The number of carboxylic acid groups (broad SMARTS) is 1. The van der Waals surface area contributed by atoms with E-state index in [1.54, 1.807) is 6.92 Å². The average molecular weight is 216 g/mol. The highest BCUT2D eigenvalue weighted by Crippen LogP contribution is 2.21. The molecule has 0 radical (unpaired) electrons. The van der Waals surface area contributed by atoms with Gasteiger partial charge in [0.1, 0.15) is 6.61 Å². The third-order valence-electron chi connectivity index (χ3n) is 1.18. The van der Waals surface area contributed by atoms with Crippen molar-refractivity contribution < 1.29 is 32.5 Å². The van der Waals surface area contributed by atoms with E-state index in [2.05, 4.69) is 9.47 Å². The van der Waals surface area contributed by atoms with Gasteiger partial charge in [-0.1, -0.05) is 13.3 Å². The lowest BCUT2D eigenvalue weighted by atomic mass is 10.3. The SMILES string of the molecule is CCCC(OCC(=O)O)OC(F)(F)F. The van der Waals surface area contributed by atoms with Crippen molar-refractivity contribution in [3.05, 3.63) is 0 Å². The van der Waals surface area contributed by atoms with Crippen LogP contribution >= 0.6 is 0 Å². The molecule has 1 unspecified atom stereocenters. The monoisotopic (exact) mass is 216 g/mol. The molecule has 4 nitrogen and oxygen atoms in total. The van der Waals surface area contributed by atoms with Gasteiger partial charge in [-0.05, 0) is 6.42 Å². The molecule has 0 aromatic rings. The smallest absolute Gasteiger partial charge is 0.480 e. The maximum atomic E-state index is 11.7. The Morgan fingerprint density at radius 1 is 1.50 bits per heavy atom. The Labute approximate surface area is 78.6 Å². The van der Waals surface area contributed by atoms with Crippen LogP contribution in [0.15, 0.2) is 0 Å². The summed E-state index contributed by atoms with van der Waals surface area (Å²) in [6, 6.07) is 0. The van der Waals surface area contributed by atoms with Crippen LogP contribution in [0.3, 0.4) is 0 Å². The third-order valence-corrected chi connectivity index (χ3v) is 1.18. The number of halogens is 3. The van der Waals surface area contributed by atoms with E-state index < -0.39 is 25.2 Å². The summed E-state index contributed by atoms with van der Waals surface area (Å²) in [4.78, 5) is 10.0. The largest absolute Gasteiger partial charge is 0.524 e. The normalized spacial score (nSPS) is 14.0. The molecular formula is C7H11F3O4. The molecule has 0 aliphatic carbocycles. The van der Waals surface area contributed by atoms with E-state index >= 15 is 0 Å². The van der Waals surface area contributed by atoms with Gasteiger partial charge in [-0.2, -0.15) is 0 Å². The van der Waals surface area contributed by atoms with Crippen molar-refractivity contribution in [2.45, 2.75) is 32.4 Å². The average Bonchev–Trinajstić information content (AvgIpc) is 1.98. The first-order chi connectivity index (χ1) is 6.35. The van der Waals surface area contributed by atoms with Crippen LogP contribution in [0.2, 0.25) is 0 Å². The van der Waals surface area contributed by atoms with Gasteiger partial charge in [0.15, 0.2) is 6.29 Å². The minimum Gasteiger partial charge on any atom is -0.480 e. The lowest BCUT2D eigenvalue weighted by Gasteiger charge is -2.18. The molecule has 0 bridgehead atoms. The zero-order valence-electron chi connectivity index (χ0n) is 7.50. The van der Waals surface area contributed by atoms with Gasteiger partial charge in [0.2, 0.25) is 0 Å². The number of ether oxygens (including phenoxy) is 2. The second kappa shape index (κ2) is 5.82. The Morgan fingerprint density at radius 3 is 2.43 bits per heavy atom. The van der Waals surface area contributed by atoms with Gasteiger partial charge in [-0.3, -0.25) is 4.74 Å². The first-order valence-corrected chi connectivity index (χ1v) is 3.93. The van der Waals surface area contributed by atoms with Gasteiger partial charge in [-0.25, -0.2) is 4.79 Å². The quantitative estimate of drug-likeness (QED) is 0.687. The minimum atomic E-state index is -4.81. The first-order valence-electron chi connectivity index (χ1n) is 3.93. The highest BCUT2D eigenvalue weighted by Gasteiger charge is 2.33. The number of aliphatic carboxylic acids is 1. The lowest BCUT2D eigenvalue weighted by molar-refractivity contribution is -0.378.